The summed E-state index contributed by atoms with van der Waals surface area (Å²) in [4.78, 5) is 0. The van der Waals surface area contributed by atoms with Crippen molar-refractivity contribution in [1.82, 2.24) is 5.32 Å². The van der Waals surface area contributed by atoms with E-state index in [1.807, 2.05) is 19.2 Å². The van der Waals surface area contributed by atoms with Gasteiger partial charge in [-0.2, -0.15) is 0 Å². The van der Waals surface area contributed by atoms with E-state index in [1.54, 1.807) is 0 Å². The van der Waals surface area contributed by atoms with Crippen LogP contribution in [-0.4, -0.2) is 26.8 Å². The normalized spacial score (nSPS) is 14.0. The van der Waals surface area contributed by atoms with Crippen molar-refractivity contribution in [2.75, 3.05) is 26.8 Å². The van der Waals surface area contributed by atoms with Gasteiger partial charge in [0.15, 0.2) is 11.5 Å². The van der Waals surface area contributed by atoms with Crippen molar-refractivity contribution in [3.8, 4) is 11.5 Å². The van der Waals surface area contributed by atoms with Gasteiger partial charge < -0.3 is 14.8 Å². The van der Waals surface area contributed by atoms with Crippen LogP contribution in [0.4, 0.5) is 0 Å². The number of likely N-dealkylation sites (N-methyl/N-ethyl adjacent to an activating group) is 1. The summed E-state index contributed by atoms with van der Waals surface area (Å²) in [5, 5.41) is 3.73. The summed E-state index contributed by atoms with van der Waals surface area (Å²) in [5.41, 5.74) is 1.14. The number of benzene rings is 1. The maximum Gasteiger partial charge on any atom is 0.180 e. The van der Waals surface area contributed by atoms with Gasteiger partial charge in [0.05, 0.1) is 5.02 Å². The molecule has 0 saturated heterocycles. The number of halogens is 1. The lowest BCUT2D eigenvalue weighted by Crippen LogP contribution is -2.18. The molecule has 0 atom stereocenters. The average molecular weight is 228 g/mol. The van der Waals surface area contributed by atoms with Gasteiger partial charge in [0.2, 0.25) is 0 Å². The van der Waals surface area contributed by atoms with Crippen LogP contribution in [0.5, 0.6) is 11.5 Å². The van der Waals surface area contributed by atoms with Gasteiger partial charge in [0.25, 0.3) is 0 Å². The van der Waals surface area contributed by atoms with Gasteiger partial charge in [-0.05, 0) is 31.6 Å². The molecule has 0 amide bonds. The molecule has 1 aromatic carbocycles. The first kappa shape index (κ1) is 10.6. The second-order valence-electron chi connectivity index (χ2n) is 3.42. The van der Waals surface area contributed by atoms with E-state index in [1.165, 1.54) is 0 Å². The topological polar surface area (TPSA) is 30.5 Å². The molecule has 0 radical (unpaired) electrons. The fourth-order valence-corrected chi connectivity index (χ4v) is 1.82. The monoisotopic (exact) mass is 227 g/mol. The molecule has 0 unspecified atom stereocenters. The van der Waals surface area contributed by atoms with E-state index in [0.29, 0.717) is 24.0 Å². The second kappa shape index (κ2) is 4.73. The predicted molar refractivity (Wildman–Crippen MR) is 60.1 cm³/mol. The van der Waals surface area contributed by atoms with E-state index in [9.17, 15) is 0 Å². The highest BCUT2D eigenvalue weighted by molar-refractivity contribution is 6.32. The van der Waals surface area contributed by atoms with Crippen LogP contribution in [0, 0.1) is 0 Å². The van der Waals surface area contributed by atoms with Crippen LogP contribution in [0.1, 0.15) is 5.56 Å². The van der Waals surface area contributed by atoms with Crippen molar-refractivity contribution in [3.63, 3.8) is 0 Å². The summed E-state index contributed by atoms with van der Waals surface area (Å²) in [7, 11) is 1.93. The van der Waals surface area contributed by atoms with Gasteiger partial charge in [-0.3, -0.25) is 0 Å². The first-order valence-corrected chi connectivity index (χ1v) is 5.42. The first-order chi connectivity index (χ1) is 7.33. The fourth-order valence-electron chi connectivity index (χ4n) is 1.62. The fraction of sp³-hybridized carbons (Fsp3) is 0.455. The van der Waals surface area contributed by atoms with Gasteiger partial charge >= 0.3 is 0 Å². The van der Waals surface area contributed by atoms with Crippen molar-refractivity contribution in [3.05, 3.63) is 22.7 Å². The second-order valence-corrected chi connectivity index (χ2v) is 3.82. The minimum absolute atomic E-state index is 0.572. The van der Waals surface area contributed by atoms with Gasteiger partial charge in [-0.15, -0.1) is 0 Å². The summed E-state index contributed by atoms with van der Waals surface area (Å²) in [6.07, 6.45) is 0.916. The van der Waals surface area contributed by atoms with E-state index in [0.717, 1.165) is 24.3 Å². The van der Waals surface area contributed by atoms with Crippen molar-refractivity contribution < 1.29 is 9.47 Å². The largest absolute Gasteiger partial charge is 0.486 e. The maximum atomic E-state index is 6.03. The lowest BCUT2D eigenvalue weighted by Gasteiger charge is -2.22. The van der Waals surface area contributed by atoms with E-state index in [2.05, 4.69) is 5.32 Å². The van der Waals surface area contributed by atoms with E-state index in [-0.39, 0.29) is 0 Å². The number of fused-ring (bicyclic) bond motifs is 1. The third-order valence-electron chi connectivity index (χ3n) is 2.37. The molecular formula is C11H14ClNO2. The Morgan fingerprint density at radius 1 is 1.27 bits per heavy atom. The van der Waals surface area contributed by atoms with Crippen molar-refractivity contribution in [1.29, 1.82) is 0 Å². The number of hydrogen-bond acceptors (Lipinski definition) is 3. The zero-order chi connectivity index (χ0) is 10.7. The molecule has 3 nitrogen and oxygen atoms in total. The Morgan fingerprint density at radius 3 is 2.73 bits per heavy atom. The third kappa shape index (κ3) is 2.19. The first-order valence-electron chi connectivity index (χ1n) is 5.04. The summed E-state index contributed by atoms with van der Waals surface area (Å²) in [6.45, 7) is 2.08. The van der Waals surface area contributed by atoms with Gasteiger partial charge in [-0.25, -0.2) is 0 Å². The smallest absolute Gasteiger partial charge is 0.180 e. The number of rotatable bonds is 3. The molecule has 0 spiro atoms. The zero-order valence-corrected chi connectivity index (χ0v) is 9.43. The Bertz CT molecular complexity index is 355. The Balaban J connectivity index is 2.30. The standard InChI is InChI=1S/C11H14ClNO2/c1-13-5-4-8-2-3-9(12)11-10(8)14-6-7-15-11/h2-3,13H,4-7H2,1H3. The summed E-state index contributed by atoms with van der Waals surface area (Å²) < 4.78 is 11.1. The maximum absolute atomic E-state index is 6.03. The zero-order valence-electron chi connectivity index (χ0n) is 8.68. The van der Waals surface area contributed by atoms with Crippen LogP contribution in [0.2, 0.25) is 5.02 Å². The highest BCUT2D eigenvalue weighted by Crippen LogP contribution is 2.40. The molecule has 0 fully saturated rings. The molecule has 1 aliphatic rings. The molecule has 0 bridgehead atoms. The van der Waals surface area contributed by atoms with Crippen LogP contribution in [-0.2, 0) is 6.42 Å². The van der Waals surface area contributed by atoms with Crippen molar-refractivity contribution >= 4 is 11.6 Å². The molecule has 1 heterocycles. The molecule has 0 saturated carbocycles. The molecular weight excluding hydrogens is 214 g/mol. The van der Waals surface area contributed by atoms with Crippen molar-refractivity contribution in [2.45, 2.75) is 6.42 Å². The molecule has 0 aliphatic carbocycles. The van der Waals surface area contributed by atoms with Crippen LogP contribution >= 0.6 is 11.6 Å². The van der Waals surface area contributed by atoms with Crippen LogP contribution in [0.3, 0.4) is 0 Å². The minimum Gasteiger partial charge on any atom is -0.486 e. The molecule has 0 aromatic heterocycles. The number of hydrogen-bond donors (Lipinski definition) is 1. The molecule has 82 valence electrons. The highest BCUT2D eigenvalue weighted by atomic mass is 35.5. The molecule has 2 rings (SSSR count). The van der Waals surface area contributed by atoms with Crippen LogP contribution in [0.25, 0.3) is 0 Å². The van der Waals surface area contributed by atoms with Gasteiger partial charge in [0.1, 0.15) is 13.2 Å². The SMILES string of the molecule is CNCCc1ccc(Cl)c2c1OCCO2. The van der Waals surface area contributed by atoms with E-state index >= 15 is 0 Å². The quantitative estimate of drug-likeness (QED) is 0.855. The van der Waals surface area contributed by atoms with Crippen LogP contribution < -0.4 is 14.8 Å². The Hall–Kier alpha value is -0.930. The number of ether oxygens (including phenoxy) is 2. The lowest BCUT2D eigenvalue weighted by molar-refractivity contribution is 0.170. The Labute approximate surface area is 94.3 Å². The predicted octanol–water partition coefficient (Wildman–Crippen LogP) is 1.87. The Kier molecular flexibility index (Phi) is 3.34. The van der Waals surface area contributed by atoms with E-state index in [4.69, 9.17) is 21.1 Å². The lowest BCUT2D eigenvalue weighted by atomic mass is 10.1. The molecule has 4 heteroatoms. The molecule has 15 heavy (non-hydrogen) atoms. The van der Waals surface area contributed by atoms with Gasteiger partial charge in [0, 0.05) is 0 Å². The van der Waals surface area contributed by atoms with Gasteiger partial charge in [-0.1, -0.05) is 17.7 Å². The molecule has 1 aromatic rings. The summed E-state index contributed by atoms with van der Waals surface area (Å²) >= 11 is 6.03. The number of nitrogens with one attached hydrogen (secondary N) is 1. The summed E-state index contributed by atoms with van der Waals surface area (Å²) in [6, 6.07) is 3.85. The van der Waals surface area contributed by atoms with Crippen molar-refractivity contribution in [2.24, 2.45) is 0 Å². The van der Waals surface area contributed by atoms with E-state index < -0.39 is 0 Å². The molecule has 1 N–H and O–H groups in total. The molecule has 1 aliphatic heterocycles. The third-order valence-corrected chi connectivity index (χ3v) is 2.66. The highest BCUT2D eigenvalue weighted by Gasteiger charge is 2.18. The average Bonchev–Trinajstić information content (AvgIpc) is 2.29. The Morgan fingerprint density at radius 2 is 2.00 bits per heavy atom. The summed E-state index contributed by atoms with van der Waals surface area (Å²) in [5.74, 6) is 1.50. The van der Waals surface area contributed by atoms with Crippen LogP contribution in [0.15, 0.2) is 12.1 Å². The minimum atomic E-state index is 0.572.